The average Bonchev–Trinajstić information content (AvgIpc) is 2.86. The molecule has 2 N–H and O–H groups in total. The number of aromatic nitrogens is 2. The summed E-state index contributed by atoms with van der Waals surface area (Å²) in [5, 5.41) is 3.84. The molecule has 7 nitrogen and oxygen atoms in total. The van der Waals surface area contributed by atoms with Gasteiger partial charge in [0, 0.05) is 26.9 Å². The van der Waals surface area contributed by atoms with E-state index in [9.17, 15) is 8.42 Å². The highest BCUT2D eigenvalue weighted by molar-refractivity contribution is 7.89. The molecule has 17 heavy (non-hydrogen) atoms. The number of sulfonamides is 1. The Labute approximate surface area is 100 Å². The van der Waals surface area contributed by atoms with E-state index in [-0.39, 0.29) is 16.8 Å². The van der Waals surface area contributed by atoms with E-state index < -0.39 is 10.0 Å². The van der Waals surface area contributed by atoms with Crippen molar-refractivity contribution in [3.63, 3.8) is 0 Å². The number of nitrogen functional groups attached to an aromatic ring is 1. The van der Waals surface area contributed by atoms with E-state index in [4.69, 9.17) is 10.5 Å². The molecule has 0 aliphatic carbocycles. The maximum atomic E-state index is 12.3. The fourth-order valence-electron chi connectivity index (χ4n) is 1.84. The van der Waals surface area contributed by atoms with E-state index in [2.05, 4.69) is 5.10 Å². The van der Waals surface area contributed by atoms with Crippen LogP contribution >= 0.6 is 0 Å². The molecule has 0 saturated carbocycles. The molecule has 0 amide bonds. The molecule has 8 heteroatoms. The molecule has 1 aliphatic rings. The summed E-state index contributed by atoms with van der Waals surface area (Å²) in [5.41, 5.74) is 5.59. The second kappa shape index (κ2) is 4.28. The fourth-order valence-corrected chi connectivity index (χ4v) is 3.30. The number of rotatable bonds is 3. The van der Waals surface area contributed by atoms with E-state index >= 15 is 0 Å². The number of nitrogens with two attached hydrogens (primary N) is 1. The van der Waals surface area contributed by atoms with E-state index in [1.165, 1.54) is 15.2 Å². The first-order chi connectivity index (χ1) is 7.93. The third-order valence-electron chi connectivity index (χ3n) is 2.90. The van der Waals surface area contributed by atoms with Crippen LogP contribution in [-0.2, 0) is 21.8 Å². The van der Waals surface area contributed by atoms with Crippen LogP contribution in [0.4, 0.5) is 5.82 Å². The summed E-state index contributed by atoms with van der Waals surface area (Å²) in [6.45, 7) is 1.02. The lowest BCUT2D eigenvalue weighted by atomic mass is 10.3. The van der Waals surface area contributed by atoms with Crippen LogP contribution in [0.25, 0.3) is 0 Å². The number of nitrogens with zero attached hydrogens (tertiary/aromatic N) is 3. The Balaban J connectivity index is 2.32. The predicted molar refractivity (Wildman–Crippen MR) is 61.8 cm³/mol. The van der Waals surface area contributed by atoms with Gasteiger partial charge in [-0.3, -0.25) is 4.68 Å². The highest BCUT2D eigenvalue weighted by Gasteiger charge is 2.33. The molecule has 0 bridgehead atoms. The van der Waals surface area contributed by atoms with Crippen molar-refractivity contribution in [1.29, 1.82) is 0 Å². The smallest absolute Gasteiger partial charge is 0.248 e. The van der Waals surface area contributed by atoms with Crippen LogP contribution in [0.15, 0.2) is 11.1 Å². The summed E-state index contributed by atoms with van der Waals surface area (Å²) in [6, 6.07) is -0.125. The molecule has 1 saturated heterocycles. The number of hydrogen-bond acceptors (Lipinski definition) is 5. The van der Waals surface area contributed by atoms with Crippen LogP contribution in [-0.4, -0.2) is 48.8 Å². The Morgan fingerprint density at radius 3 is 2.82 bits per heavy atom. The zero-order valence-electron chi connectivity index (χ0n) is 9.83. The Morgan fingerprint density at radius 2 is 2.35 bits per heavy atom. The van der Waals surface area contributed by atoms with Crippen molar-refractivity contribution in [2.24, 2.45) is 7.05 Å². The van der Waals surface area contributed by atoms with E-state index in [0.717, 1.165) is 0 Å². The average molecular weight is 260 g/mol. The van der Waals surface area contributed by atoms with Crippen LogP contribution in [0, 0.1) is 0 Å². The molecule has 2 heterocycles. The minimum Gasteiger partial charge on any atom is -0.381 e. The Kier molecular flexibility index (Phi) is 3.11. The zero-order valence-corrected chi connectivity index (χ0v) is 10.6. The second-order valence-electron chi connectivity index (χ2n) is 4.09. The fraction of sp³-hybridized carbons (Fsp3) is 0.667. The Bertz CT molecular complexity index is 504. The maximum Gasteiger partial charge on any atom is 0.248 e. The number of aryl methyl sites for hydroxylation is 1. The molecular formula is C9H16N4O3S. The van der Waals surface area contributed by atoms with Gasteiger partial charge in [-0.1, -0.05) is 0 Å². The summed E-state index contributed by atoms with van der Waals surface area (Å²) >= 11 is 0. The van der Waals surface area contributed by atoms with Crippen LogP contribution in [0.3, 0.4) is 0 Å². The number of anilines is 1. The minimum atomic E-state index is -3.59. The first kappa shape index (κ1) is 12.3. The van der Waals surface area contributed by atoms with Gasteiger partial charge in [-0.2, -0.15) is 9.40 Å². The number of hydrogen-bond donors (Lipinski definition) is 1. The van der Waals surface area contributed by atoms with Crippen molar-refractivity contribution in [1.82, 2.24) is 14.1 Å². The lowest BCUT2D eigenvalue weighted by molar-refractivity contribution is 0.181. The van der Waals surface area contributed by atoms with Crippen molar-refractivity contribution in [2.45, 2.75) is 17.4 Å². The van der Waals surface area contributed by atoms with E-state index in [0.29, 0.717) is 19.6 Å². The third kappa shape index (κ3) is 2.15. The maximum absolute atomic E-state index is 12.3. The quantitative estimate of drug-likeness (QED) is 0.784. The van der Waals surface area contributed by atoms with Crippen molar-refractivity contribution in [3.05, 3.63) is 6.20 Å². The minimum absolute atomic E-state index is 0.0262. The summed E-state index contributed by atoms with van der Waals surface area (Å²) in [6.07, 6.45) is 2.12. The van der Waals surface area contributed by atoms with Crippen molar-refractivity contribution in [2.75, 3.05) is 26.0 Å². The van der Waals surface area contributed by atoms with Crippen LogP contribution < -0.4 is 5.73 Å². The van der Waals surface area contributed by atoms with Crippen LogP contribution in [0.5, 0.6) is 0 Å². The topological polar surface area (TPSA) is 90.5 Å². The monoisotopic (exact) mass is 260 g/mol. The van der Waals surface area contributed by atoms with E-state index in [1.54, 1.807) is 14.1 Å². The molecular weight excluding hydrogens is 244 g/mol. The molecule has 2 rings (SSSR count). The lowest BCUT2D eigenvalue weighted by Gasteiger charge is -2.21. The molecule has 1 fully saturated rings. The molecule has 1 aromatic heterocycles. The van der Waals surface area contributed by atoms with Gasteiger partial charge in [-0.05, 0) is 6.42 Å². The largest absolute Gasteiger partial charge is 0.381 e. The first-order valence-corrected chi connectivity index (χ1v) is 6.72. The number of likely N-dealkylation sites (N-methyl/N-ethyl adjacent to an activating group) is 1. The van der Waals surface area contributed by atoms with Crippen molar-refractivity contribution >= 4 is 15.8 Å². The normalized spacial score (nSPS) is 21.2. The zero-order chi connectivity index (χ0) is 12.6. The molecule has 1 aliphatic heterocycles. The molecule has 0 radical (unpaired) electrons. The van der Waals surface area contributed by atoms with Gasteiger partial charge in [0.25, 0.3) is 0 Å². The van der Waals surface area contributed by atoms with Gasteiger partial charge in [0.15, 0.2) is 5.82 Å². The van der Waals surface area contributed by atoms with Gasteiger partial charge in [0.05, 0.1) is 12.6 Å². The van der Waals surface area contributed by atoms with Gasteiger partial charge in [-0.25, -0.2) is 8.42 Å². The highest BCUT2D eigenvalue weighted by Crippen LogP contribution is 2.23. The standard InChI is InChI=1S/C9H16N4O3S/c1-12-5-8(9(10)11-12)17(14,15)13(2)7-3-4-16-6-7/h5,7H,3-4,6H2,1-2H3,(H2,10,11). The third-order valence-corrected chi connectivity index (χ3v) is 4.83. The summed E-state index contributed by atoms with van der Waals surface area (Å²) in [5.74, 6) is 0.0262. The van der Waals surface area contributed by atoms with E-state index in [1.807, 2.05) is 0 Å². The van der Waals surface area contributed by atoms with Gasteiger partial charge < -0.3 is 10.5 Å². The molecule has 0 spiro atoms. The summed E-state index contributed by atoms with van der Waals surface area (Å²) in [4.78, 5) is 0.0504. The molecule has 1 aromatic rings. The molecule has 96 valence electrons. The Morgan fingerprint density at radius 1 is 1.65 bits per heavy atom. The SMILES string of the molecule is CN(C1CCOC1)S(=O)(=O)c1cn(C)nc1N. The number of ether oxygens (including phenoxy) is 1. The van der Waals surface area contributed by atoms with Crippen molar-refractivity contribution in [3.8, 4) is 0 Å². The Hall–Kier alpha value is -1.12. The molecule has 1 atom stereocenters. The van der Waals surface area contributed by atoms with Gasteiger partial charge in [0.2, 0.25) is 10.0 Å². The second-order valence-corrected chi connectivity index (χ2v) is 6.06. The highest BCUT2D eigenvalue weighted by atomic mass is 32.2. The van der Waals surface area contributed by atoms with Crippen molar-refractivity contribution < 1.29 is 13.2 Å². The molecule has 0 aromatic carbocycles. The van der Waals surface area contributed by atoms with Crippen LogP contribution in [0.1, 0.15) is 6.42 Å². The van der Waals surface area contributed by atoms with Gasteiger partial charge >= 0.3 is 0 Å². The molecule has 1 unspecified atom stereocenters. The lowest BCUT2D eigenvalue weighted by Crippen LogP contribution is -2.37. The van der Waals surface area contributed by atoms with Crippen LogP contribution in [0.2, 0.25) is 0 Å². The summed E-state index contributed by atoms with van der Waals surface area (Å²) in [7, 11) is -0.411. The van der Waals surface area contributed by atoms with Gasteiger partial charge in [0.1, 0.15) is 4.90 Å². The van der Waals surface area contributed by atoms with Gasteiger partial charge in [-0.15, -0.1) is 0 Å². The first-order valence-electron chi connectivity index (χ1n) is 5.28. The summed E-state index contributed by atoms with van der Waals surface area (Å²) < 4.78 is 32.5. The predicted octanol–water partition coefficient (Wildman–Crippen LogP) is -0.588.